The van der Waals surface area contributed by atoms with Crippen molar-refractivity contribution in [2.24, 2.45) is 7.05 Å². The Morgan fingerprint density at radius 3 is 2.86 bits per heavy atom. The Bertz CT molecular complexity index is 873. The van der Waals surface area contributed by atoms with Crippen molar-refractivity contribution in [2.75, 3.05) is 0 Å². The van der Waals surface area contributed by atoms with Gasteiger partial charge in [-0.1, -0.05) is 16.8 Å². The summed E-state index contributed by atoms with van der Waals surface area (Å²) in [5.41, 5.74) is 0.573. The van der Waals surface area contributed by atoms with Gasteiger partial charge in [-0.2, -0.15) is 4.98 Å². The molecule has 7 heteroatoms. The van der Waals surface area contributed by atoms with Crippen LogP contribution in [0.1, 0.15) is 0 Å². The van der Waals surface area contributed by atoms with Gasteiger partial charge in [0.05, 0.1) is 5.56 Å². The lowest BCUT2D eigenvalue weighted by atomic mass is 10.2. The van der Waals surface area contributed by atoms with Crippen LogP contribution in [0.4, 0.5) is 4.39 Å². The van der Waals surface area contributed by atoms with Crippen LogP contribution < -0.4 is 5.56 Å². The molecule has 0 saturated carbocycles. The van der Waals surface area contributed by atoms with Crippen LogP contribution in [0.25, 0.3) is 22.8 Å². The van der Waals surface area contributed by atoms with Gasteiger partial charge in [-0.25, -0.2) is 4.39 Å². The van der Waals surface area contributed by atoms with Crippen LogP contribution in [0.2, 0.25) is 5.02 Å². The minimum atomic E-state index is -0.505. The molecule has 2 heterocycles. The summed E-state index contributed by atoms with van der Waals surface area (Å²) in [6, 6.07) is 7.05. The molecule has 1 aromatic carbocycles. The van der Waals surface area contributed by atoms with Crippen molar-refractivity contribution < 1.29 is 8.91 Å². The van der Waals surface area contributed by atoms with Gasteiger partial charge in [0.15, 0.2) is 0 Å². The van der Waals surface area contributed by atoms with Crippen LogP contribution in [0.15, 0.2) is 45.8 Å². The highest BCUT2D eigenvalue weighted by molar-refractivity contribution is 6.30. The van der Waals surface area contributed by atoms with Gasteiger partial charge < -0.3 is 9.09 Å². The number of nitrogens with zero attached hydrogens (tertiary/aromatic N) is 3. The fraction of sp³-hybridized carbons (Fsp3) is 0.0714. The van der Waals surface area contributed by atoms with E-state index in [1.807, 2.05) is 0 Å². The molecule has 0 N–H and O–H groups in total. The van der Waals surface area contributed by atoms with Crippen LogP contribution in [0.3, 0.4) is 0 Å². The number of benzene rings is 1. The maximum absolute atomic E-state index is 13.8. The highest BCUT2D eigenvalue weighted by Crippen LogP contribution is 2.26. The Morgan fingerprint density at radius 1 is 1.29 bits per heavy atom. The van der Waals surface area contributed by atoms with Crippen molar-refractivity contribution in [1.82, 2.24) is 14.7 Å². The molecule has 0 atom stereocenters. The highest BCUT2D eigenvalue weighted by atomic mass is 35.5. The van der Waals surface area contributed by atoms with E-state index in [1.165, 1.54) is 28.8 Å². The molecule has 0 aliphatic rings. The van der Waals surface area contributed by atoms with E-state index in [9.17, 15) is 9.18 Å². The minimum absolute atomic E-state index is 0.0267. The highest BCUT2D eigenvalue weighted by Gasteiger charge is 2.15. The zero-order chi connectivity index (χ0) is 15.0. The Labute approximate surface area is 123 Å². The van der Waals surface area contributed by atoms with Crippen molar-refractivity contribution in [3.63, 3.8) is 0 Å². The van der Waals surface area contributed by atoms with E-state index in [2.05, 4.69) is 10.1 Å². The monoisotopic (exact) mass is 305 g/mol. The minimum Gasteiger partial charge on any atom is -0.334 e. The predicted molar refractivity (Wildman–Crippen MR) is 75.4 cm³/mol. The SMILES string of the molecule is Cn1cc(-c2noc(-c3cc(Cl)ccc3F)n2)ccc1=O. The lowest BCUT2D eigenvalue weighted by Gasteiger charge is -1.98. The van der Waals surface area contributed by atoms with Crippen molar-refractivity contribution in [2.45, 2.75) is 0 Å². The largest absolute Gasteiger partial charge is 0.334 e. The lowest BCUT2D eigenvalue weighted by Crippen LogP contribution is -2.14. The van der Waals surface area contributed by atoms with E-state index < -0.39 is 5.82 Å². The second kappa shape index (κ2) is 5.14. The first-order chi connectivity index (χ1) is 10.0. The normalized spacial score (nSPS) is 10.8. The van der Waals surface area contributed by atoms with Crippen molar-refractivity contribution in [3.05, 3.63) is 57.7 Å². The second-order valence-corrected chi connectivity index (χ2v) is 4.85. The summed E-state index contributed by atoms with van der Waals surface area (Å²) < 4.78 is 20.2. The Hall–Kier alpha value is -2.47. The summed E-state index contributed by atoms with van der Waals surface area (Å²) in [5, 5.41) is 4.16. The number of aromatic nitrogens is 3. The molecule has 3 rings (SSSR count). The van der Waals surface area contributed by atoms with Crippen LogP contribution in [0, 0.1) is 5.82 Å². The van der Waals surface area contributed by atoms with E-state index in [-0.39, 0.29) is 22.8 Å². The molecule has 5 nitrogen and oxygen atoms in total. The first-order valence-corrected chi connectivity index (χ1v) is 6.38. The Kier molecular flexibility index (Phi) is 3.31. The fourth-order valence-electron chi connectivity index (χ4n) is 1.84. The van der Waals surface area contributed by atoms with Crippen LogP contribution >= 0.6 is 11.6 Å². The molecule has 3 aromatic rings. The maximum atomic E-state index is 13.8. The first-order valence-electron chi connectivity index (χ1n) is 6.01. The third-order valence-electron chi connectivity index (χ3n) is 2.93. The summed E-state index contributed by atoms with van der Waals surface area (Å²) in [6.45, 7) is 0. The molecule has 2 aromatic heterocycles. The molecule has 0 unspecified atom stereocenters. The van der Waals surface area contributed by atoms with Crippen molar-refractivity contribution in [1.29, 1.82) is 0 Å². The molecule has 0 spiro atoms. The smallest absolute Gasteiger partial charge is 0.261 e. The van der Waals surface area contributed by atoms with Gasteiger partial charge in [0, 0.05) is 29.9 Å². The molecule has 21 heavy (non-hydrogen) atoms. The van der Waals surface area contributed by atoms with Crippen LogP contribution in [-0.2, 0) is 7.05 Å². The average molecular weight is 306 g/mol. The topological polar surface area (TPSA) is 60.9 Å². The van der Waals surface area contributed by atoms with Gasteiger partial charge in [-0.05, 0) is 24.3 Å². The van der Waals surface area contributed by atoms with Gasteiger partial charge in [0.2, 0.25) is 11.4 Å². The summed E-state index contributed by atoms with van der Waals surface area (Å²) in [6.07, 6.45) is 1.57. The van der Waals surface area contributed by atoms with Crippen molar-refractivity contribution in [3.8, 4) is 22.8 Å². The van der Waals surface area contributed by atoms with Gasteiger partial charge in [-0.15, -0.1) is 0 Å². The van der Waals surface area contributed by atoms with Gasteiger partial charge in [0.25, 0.3) is 5.89 Å². The number of halogens is 2. The first kappa shape index (κ1) is 13.5. The molecular formula is C14H9ClFN3O2. The third kappa shape index (κ3) is 2.57. The molecule has 0 amide bonds. The lowest BCUT2D eigenvalue weighted by molar-refractivity contribution is 0.429. The fourth-order valence-corrected chi connectivity index (χ4v) is 2.01. The Balaban J connectivity index is 2.05. The zero-order valence-electron chi connectivity index (χ0n) is 10.9. The van der Waals surface area contributed by atoms with E-state index >= 15 is 0 Å². The van der Waals surface area contributed by atoms with Gasteiger partial charge in [0.1, 0.15) is 5.82 Å². The standard InChI is InChI=1S/C14H9ClFN3O2/c1-19-7-8(2-5-12(19)20)13-17-14(21-18-13)10-6-9(15)3-4-11(10)16/h2-7H,1H3. The molecule has 0 fully saturated rings. The summed E-state index contributed by atoms with van der Waals surface area (Å²) in [7, 11) is 1.61. The molecular weight excluding hydrogens is 297 g/mol. The summed E-state index contributed by atoms with van der Waals surface area (Å²) in [4.78, 5) is 15.5. The van der Waals surface area contributed by atoms with E-state index in [0.29, 0.717) is 10.6 Å². The van der Waals surface area contributed by atoms with E-state index in [1.54, 1.807) is 19.3 Å². The number of aryl methyl sites for hydroxylation is 1. The molecule has 0 saturated heterocycles. The van der Waals surface area contributed by atoms with Gasteiger partial charge >= 0.3 is 0 Å². The molecule has 106 valence electrons. The summed E-state index contributed by atoms with van der Waals surface area (Å²) >= 11 is 5.83. The maximum Gasteiger partial charge on any atom is 0.261 e. The molecule has 0 aliphatic carbocycles. The van der Waals surface area contributed by atoms with Crippen LogP contribution in [0.5, 0.6) is 0 Å². The number of hydrogen-bond acceptors (Lipinski definition) is 4. The van der Waals surface area contributed by atoms with E-state index in [4.69, 9.17) is 16.1 Å². The molecule has 0 aliphatic heterocycles. The Morgan fingerprint density at radius 2 is 2.10 bits per heavy atom. The van der Waals surface area contributed by atoms with Gasteiger partial charge in [-0.3, -0.25) is 4.79 Å². The molecule has 0 radical (unpaired) electrons. The third-order valence-corrected chi connectivity index (χ3v) is 3.16. The predicted octanol–water partition coefficient (Wildman–Crippen LogP) is 2.89. The van der Waals surface area contributed by atoms with E-state index in [0.717, 1.165) is 0 Å². The van der Waals surface area contributed by atoms with Crippen LogP contribution in [-0.4, -0.2) is 14.7 Å². The van der Waals surface area contributed by atoms with Crippen molar-refractivity contribution >= 4 is 11.6 Å². The quantitative estimate of drug-likeness (QED) is 0.730. The summed E-state index contributed by atoms with van der Waals surface area (Å²) in [5.74, 6) is -0.214. The second-order valence-electron chi connectivity index (χ2n) is 4.41. The molecule has 0 bridgehead atoms. The zero-order valence-corrected chi connectivity index (χ0v) is 11.6. The average Bonchev–Trinajstić information content (AvgIpc) is 2.94. The number of rotatable bonds is 2. The number of pyridine rings is 1. The number of hydrogen-bond donors (Lipinski definition) is 0.